The molecule has 0 fully saturated rings. The van der Waals surface area contributed by atoms with Gasteiger partial charge >= 0.3 is 5.97 Å². The van der Waals surface area contributed by atoms with Gasteiger partial charge in [-0.25, -0.2) is 0 Å². The van der Waals surface area contributed by atoms with Crippen molar-refractivity contribution in [1.82, 2.24) is 10.2 Å². The number of carbonyl (C=O) groups excluding carboxylic acids is 1. The Labute approximate surface area is 113 Å². The van der Waals surface area contributed by atoms with Gasteiger partial charge < -0.3 is 15.3 Å². The van der Waals surface area contributed by atoms with Gasteiger partial charge in [-0.2, -0.15) is 5.26 Å². The highest BCUT2D eigenvalue weighted by Gasteiger charge is 2.09. The van der Waals surface area contributed by atoms with E-state index in [9.17, 15) is 9.59 Å². The summed E-state index contributed by atoms with van der Waals surface area (Å²) in [5.41, 5.74) is 0.0360. The van der Waals surface area contributed by atoms with Crippen LogP contribution in [0, 0.1) is 11.3 Å². The second-order valence-electron chi connectivity index (χ2n) is 4.24. The van der Waals surface area contributed by atoms with E-state index in [0.29, 0.717) is 6.42 Å². The minimum absolute atomic E-state index is 0.00227. The van der Waals surface area contributed by atoms with Crippen molar-refractivity contribution in [2.45, 2.75) is 32.6 Å². The Morgan fingerprint density at radius 2 is 2.11 bits per heavy atom. The first-order chi connectivity index (χ1) is 9.01. The van der Waals surface area contributed by atoms with Gasteiger partial charge in [0.05, 0.1) is 0 Å². The lowest BCUT2D eigenvalue weighted by Crippen LogP contribution is -2.27. The lowest BCUT2D eigenvalue weighted by atomic mass is 10.2. The topological polar surface area (TPSA) is 93.4 Å². The molecule has 2 N–H and O–H groups in total. The average Bonchev–Trinajstić information content (AvgIpc) is 2.38. The molecule has 106 valence electrons. The molecule has 6 heteroatoms. The van der Waals surface area contributed by atoms with E-state index in [4.69, 9.17) is 10.4 Å². The lowest BCUT2D eigenvalue weighted by molar-refractivity contribution is -0.137. The van der Waals surface area contributed by atoms with Crippen molar-refractivity contribution < 1.29 is 14.7 Å². The maximum atomic E-state index is 11.7. The molecule has 0 atom stereocenters. The molecule has 0 aromatic rings. The number of carboxylic acid groups (broad SMARTS) is 1. The molecule has 0 unspecified atom stereocenters. The summed E-state index contributed by atoms with van der Waals surface area (Å²) < 4.78 is 0. The van der Waals surface area contributed by atoms with Gasteiger partial charge in [0.25, 0.3) is 5.91 Å². The molecular weight excluding hydrogens is 246 g/mol. The zero-order valence-electron chi connectivity index (χ0n) is 11.5. The Hall–Kier alpha value is -2.03. The molecule has 0 aromatic heterocycles. The molecule has 0 aliphatic carbocycles. The summed E-state index contributed by atoms with van der Waals surface area (Å²) in [5, 5.41) is 19.9. The van der Waals surface area contributed by atoms with Crippen molar-refractivity contribution in [3.8, 4) is 6.07 Å². The molecule has 0 aliphatic heterocycles. The number of unbranched alkanes of at least 4 members (excludes halogenated alkanes) is 1. The van der Waals surface area contributed by atoms with E-state index in [-0.39, 0.29) is 18.5 Å². The van der Waals surface area contributed by atoms with Crippen molar-refractivity contribution in [2.24, 2.45) is 0 Å². The average molecular weight is 267 g/mol. The number of nitriles is 1. The van der Waals surface area contributed by atoms with E-state index < -0.39 is 11.9 Å². The van der Waals surface area contributed by atoms with E-state index in [1.165, 1.54) is 6.20 Å². The Bertz CT molecular complexity index is 372. The highest BCUT2D eigenvalue weighted by molar-refractivity contribution is 5.97. The summed E-state index contributed by atoms with van der Waals surface area (Å²) in [4.78, 5) is 23.8. The number of rotatable bonds is 9. The van der Waals surface area contributed by atoms with Gasteiger partial charge in [0.1, 0.15) is 11.6 Å². The van der Waals surface area contributed by atoms with Crippen LogP contribution in [0.1, 0.15) is 32.6 Å². The number of aliphatic carboxylic acids is 1. The normalized spacial score (nSPS) is 10.7. The van der Waals surface area contributed by atoms with Crippen LogP contribution in [0.3, 0.4) is 0 Å². The SMILES string of the molecule is CCCCN(C)/C=C(/C#N)C(=O)NCCCC(=O)O. The van der Waals surface area contributed by atoms with Crippen LogP contribution >= 0.6 is 0 Å². The van der Waals surface area contributed by atoms with Crippen LogP contribution in [0.4, 0.5) is 0 Å². The molecule has 0 bridgehead atoms. The number of carboxylic acids is 1. The van der Waals surface area contributed by atoms with Crippen LogP contribution < -0.4 is 5.32 Å². The molecule has 0 saturated carbocycles. The molecule has 0 saturated heterocycles. The third-order valence-corrected chi connectivity index (χ3v) is 2.43. The Morgan fingerprint density at radius 1 is 1.42 bits per heavy atom. The van der Waals surface area contributed by atoms with Crippen LogP contribution in [0.2, 0.25) is 0 Å². The van der Waals surface area contributed by atoms with Crippen molar-refractivity contribution in [3.05, 3.63) is 11.8 Å². The summed E-state index contributed by atoms with van der Waals surface area (Å²) in [7, 11) is 1.81. The fourth-order valence-corrected chi connectivity index (χ4v) is 1.37. The first kappa shape index (κ1) is 17.0. The molecule has 0 spiro atoms. The predicted octanol–water partition coefficient (Wildman–Crippen LogP) is 1.11. The maximum absolute atomic E-state index is 11.7. The third kappa shape index (κ3) is 8.66. The summed E-state index contributed by atoms with van der Waals surface area (Å²) in [6, 6.07) is 1.85. The van der Waals surface area contributed by atoms with Crippen LogP contribution in [-0.4, -0.2) is 42.0 Å². The minimum atomic E-state index is -0.899. The summed E-state index contributed by atoms with van der Waals surface area (Å²) >= 11 is 0. The first-order valence-electron chi connectivity index (χ1n) is 6.33. The van der Waals surface area contributed by atoms with Gasteiger partial charge in [0.15, 0.2) is 0 Å². The standard InChI is InChI=1S/C13H21N3O3/c1-3-4-8-16(2)10-11(9-14)13(19)15-7-5-6-12(17)18/h10H,3-8H2,1-2H3,(H,15,19)(H,17,18)/b11-10-. The monoisotopic (exact) mass is 267 g/mol. The highest BCUT2D eigenvalue weighted by Crippen LogP contribution is 1.99. The lowest BCUT2D eigenvalue weighted by Gasteiger charge is -2.13. The van der Waals surface area contributed by atoms with Gasteiger partial charge in [0.2, 0.25) is 0 Å². The molecule has 0 rings (SSSR count). The molecular formula is C13H21N3O3. The van der Waals surface area contributed by atoms with Crippen molar-refractivity contribution in [3.63, 3.8) is 0 Å². The molecule has 0 aliphatic rings. The van der Waals surface area contributed by atoms with Crippen molar-refractivity contribution in [2.75, 3.05) is 20.1 Å². The van der Waals surface area contributed by atoms with Crippen molar-refractivity contribution >= 4 is 11.9 Å². The number of nitrogens with zero attached hydrogens (tertiary/aromatic N) is 2. The van der Waals surface area contributed by atoms with E-state index in [1.807, 2.05) is 13.1 Å². The van der Waals surface area contributed by atoms with Crippen molar-refractivity contribution in [1.29, 1.82) is 5.26 Å². The number of amides is 1. The Kier molecular flexibility index (Phi) is 8.88. The van der Waals surface area contributed by atoms with Gasteiger partial charge in [-0.3, -0.25) is 9.59 Å². The van der Waals surface area contributed by atoms with Gasteiger partial charge in [0, 0.05) is 32.8 Å². The van der Waals surface area contributed by atoms with Crippen LogP contribution in [0.15, 0.2) is 11.8 Å². The summed E-state index contributed by atoms with van der Waals surface area (Å²) in [5.74, 6) is -1.36. The van der Waals surface area contributed by atoms with E-state index >= 15 is 0 Å². The summed E-state index contributed by atoms with van der Waals surface area (Å²) in [6.07, 6.45) is 3.91. The van der Waals surface area contributed by atoms with Crippen LogP contribution in [-0.2, 0) is 9.59 Å². The predicted molar refractivity (Wildman–Crippen MR) is 71.1 cm³/mol. The fraction of sp³-hybridized carbons (Fsp3) is 0.615. The van der Waals surface area contributed by atoms with Gasteiger partial charge in [-0.15, -0.1) is 0 Å². The number of hydrogen-bond donors (Lipinski definition) is 2. The second kappa shape index (κ2) is 9.95. The molecule has 0 aromatic carbocycles. The van der Waals surface area contributed by atoms with Gasteiger partial charge in [-0.05, 0) is 12.8 Å². The molecule has 0 heterocycles. The van der Waals surface area contributed by atoms with Crippen LogP contribution in [0.5, 0.6) is 0 Å². The summed E-state index contributed by atoms with van der Waals surface area (Å²) in [6.45, 7) is 3.11. The largest absolute Gasteiger partial charge is 0.481 e. The maximum Gasteiger partial charge on any atom is 0.303 e. The fourth-order valence-electron chi connectivity index (χ4n) is 1.37. The zero-order valence-corrected chi connectivity index (χ0v) is 11.5. The molecule has 0 radical (unpaired) electrons. The Morgan fingerprint density at radius 3 is 2.63 bits per heavy atom. The molecule has 6 nitrogen and oxygen atoms in total. The third-order valence-electron chi connectivity index (χ3n) is 2.43. The van der Waals surface area contributed by atoms with E-state index in [2.05, 4.69) is 12.2 Å². The second-order valence-corrected chi connectivity index (χ2v) is 4.24. The number of hydrogen-bond acceptors (Lipinski definition) is 4. The molecule has 19 heavy (non-hydrogen) atoms. The minimum Gasteiger partial charge on any atom is -0.481 e. The Balaban J connectivity index is 4.20. The number of nitrogens with one attached hydrogen (secondary N) is 1. The molecule has 1 amide bonds. The number of carbonyl (C=O) groups is 2. The van der Waals surface area contributed by atoms with Crippen LogP contribution in [0.25, 0.3) is 0 Å². The van der Waals surface area contributed by atoms with Gasteiger partial charge in [-0.1, -0.05) is 13.3 Å². The smallest absolute Gasteiger partial charge is 0.303 e. The highest BCUT2D eigenvalue weighted by atomic mass is 16.4. The quantitative estimate of drug-likeness (QED) is 0.371. The zero-order chi connectivity index (χ0) is 14.7. The van der Waals surface area contributed by atoms with E-state index in [1.54, 1.807) is 4.90 Å². The first-order valence-corrected chi connectivity index (χ1v) is 6.33. The van der Waals surface area contributed by atoms with E-state index in [0.717, 1.165) is 19.4 Å².